The van der Waals surface area contributed by atoms with E-state index in [0.717, 1.165) is 27.2 Å². The van der Waals surface area contributed by atoms with Gasteiger partial charge in [-0.3, -0.25) is 5.43 Å². The van der Waals surface area contributed by atoms with E-state index in [-0.39, 0.29) is 5.71 Å². The summed E-state index contributed by atoms with van der Waals surface area (Å²) in [6.07, 6.45) is 0. The van der Waals surface area contributed by atoms with Crippen LogP contribution in [-0.2, 0) is 0 Å². The molecule has 0 radical (unpaired) electrons. The van der Waals surface area contributed by atoms with Gasteiger partial charge in [0.25, 0.3) is 0 Å². The Balaban J connectivity index is 1.77. The first-order valence-corrected chi connectivity index (χ1v) is 9.55. The zero-order valence-corrected chi connectivity index (χ0v) is 16.3. The summed E-state index contributed by atoms with van der Waals surface area (Å²) in [5, 5.41) is 16.1. The van der Waals surface area contributed by atoms with E-state index in [1.54, 1.807) is 0 Å². The van der Waals surface area contributed by atoms with Crippen LogP contribution < -0.4 is 10.2 Å². The van der Waals surface area contributed by atoms with Gasteiger partial charge in [0, 0.05) is 15.4 Å². The van der Waals surface area contributed by atoms with E-state index in [1.807, 2.05) is 60.8 Å². The van der Waals surface area contributed by atoms with Gasteiger partial charge in [-0.1, -0.05) is 15.9 Å². The molecule has 7 heteroatoms. The largest absolute Gasteiger partial charge is 0.494 e. The van der Waals surface area contributed by atoms with Crippen LogP contribution in [0.4, 0.5) is 5.69 Å². The van der Waals surface area contributed by atoms with E-state index in [4.69, 9.17) is 4.74 Å². The van der Waals surface area contributed by atoms with E-state index < -0.39 is 0 Å². The number of ether oxygens (including phenoxy) is 1. The van der Waals surface area contributed by atoms with Gasteiger partial charge in [0.05, 0.1) is 18.0 Å². The molecule has 0 aliphatic carbocycles. The molecular weight excluding hydrogens is 412 g/mol. The summed E-state index contributed by atoms with van der Waals surface area (Å²) in [4.78, 5) is 4.53. The third-order valence-corrected chi connectivity index (χ3v) is 4.79. The number of thiazole rings is 1. The SMILES string of the molecule is CCOc1ccc(-c2csc(/C(C#N)=N/Nc3ccc(Br)cc3)n2)cc1. The molecule has 0 bridgehead atoms. The van der Waals surface area contributed by atoms with Crippen LogP contribution in [0.5, 0.6) is 5.75 Å². The first kappa shape index (κ1) is 18.1. The molecule has 130 valence electrons. The summed E-state index contributed by atoms with van der Waals surface area (Å²) in [5.41, 5.74) is 5.70. The summed E-state index contributed by atoms with van der Waals surface area (Å²) >= 11 is 4.77. The van der Waals surface area contributed by atoms with Crippen LogP contribution in [-0.4, -0.2) is 17.3 Å². The topological polar surface area (TPSA) is 70.3 Å². The maximum Gasteiger partial charge on any atom is 0.196 e. The summed E-state index contributed by atoms with van der Waals surface area (Å²) in [6, 6.07) is 17.4. The predicted octanol–water partition coefficient (Wildman–Crippen LogP) is 5.31. The minimum Gasteiger partial charge on any atom is -0.494 e. The monoisotopic (exact) mass is 426 g/mol. The minimum atomic E-state index is 0.245. The molecule has 2 aromatic carbocycles. The van der Waals surface area contributed by atoms with Crippen LogP contribution in [0.1, 0.15) is 11.9 Å². The van der Waals surface area contributed by atoms with Crippen LogP contribution in [0.3, 0.4) is 0 Å². The van der Waals surface area contributed by atoms with Crippen molar-refractivity contribution in [2.75, 3.05) is 12.0 Å². The Morgan fingerprint density at radius 3 is 2.62 bits per heavy atom. The molecule has 26 heavy (non-hydrogen) atoms. The average Bonchev–Trinajstić information content (AvgIpc) is 3.15. The van der Waals surface area contributed by atoms with Crippen molar-refractivity contribution in [3.63, 3.8) is 0 Å². The average molecular weight is 427 g/mol. The maximum atomic E-state index is 9.40. The number of anilines is 1. The van der Waals surface area contributed by atoms with Gasteiger partial charge in [0.2, 0.25) is 0 Å². The molecule has 3 rings (SSSR count). The van der Waals surface area contributed by atoms with Gasteiger partial charge in [0.1, 0.15) is 11.8 Å². The molecule has 5 nitrogen and oxygen atoms in total. The molecule has 0 atom stereocenters. The number of rotatable bonds is 6. The van der Waals surface area contributed by atoms with Gasteiger partial charge < -0.3 is 4.74 Å². The van der Waals surface area contributed by atoms with E-state index in [2.05, 4.69) is 37.5 Å². The van der Waals surface area contributed by atoms with Gasteiger partial charge in [-0.2, -0.15) is 10.4 Å². The van der Waals surface area contributed by atoms with Gasteiger partial charge in [-0.15, -0.1) is 11.3 Å². The molecule has 0 unspecified atom stereocenters. The smallest absolute Gasteiger partial charge is 0.196 e. The number of benzene rings is 2. The third-order valence-electron chi connectivity index (χ3n) is 3.41. The van der Waals surface area contributed by atoms with Crippen molar-refractivity contribution in [3.8, 4) is 23.1 Å². The lowest BCUT2D eigenvalue weighted by atomic mass is 10.2. The Labute approximate surface area is 164 Å². The first-order valence-electron chi connectivity index (χ1n) is 7.88. The fourth-order valence-corrected chi connectivity index (χ4v) is 3.20. The van der Waals surface area contributed by atoms with E-state index in [9.17, 15) is 5.26 Å². The molecule has 1 heterocycles. The number of nitriles is 1. The number of nitrogens with zero attached hydrogens (tertiary/aromatic N) is 3. The highest BCUT2D eigenvalue weighted by molar-refractivity contribution is 9.10. The van der Waals surface area contributed by atoms with Crippen molar-refractivity contribution in [3.05, 3.63) is 63.4 Å². The van der Waals surface area contributed by atoms with Gasteiger partial charge in [0.15, 0.2) is 10.7 Å². The van der Waals surface area contributed by atoms with Crippen LogP contribution in [0, 0.1) is 11.3 Å². The molecule has 0 fully saturated rings. The van der Waals surface area contributed by atoms with Crippen molar-refractivity contribution >= 4 is 38.7 Å². The third kappa shape index (κ3) is 4.48. The zero-order chi connectivity index (χ0) is 18.4. The summed E-state index contributed by atoms with van der Waals surface area (Å²) in [6.45, 7) is 2.58. The van der Waals surface area contributed by atoms with Crippen molar-refractivity contribution in [1.29, 1.82) is 5.26 Å². The fourth-order valence-electron chi connectivity index (χ4n) is 2.17. The Morgan fingerprint density at radius 1 is 1.23 bits per heavy atom. The van der Waals surface area contributed by atoms with Crippen molar-refractivity contribution in [2.24, 2.45) is 5.10 Å². The molecule has 0 spiro atoms. The lowest BCUT2D eigenvalue weighted by Gasteiger charge is -2.03. The summed E-state index contributed by atoms with van der Waals surface area (Å²) in [5.74, 6) is 0.824. The summed E-state index contributed by atoms with van der Waals surface area (Å²) in [7, 11) is 0. The summed E-state index contributed by atoms with van der Waals surface area (Å²) < 4.78 is 6.43. The number of hydrogen-bond donors (Lipinski definition) is 1. The zero-order valence-electron chi connectivity index (χ0n) is 13.9. The second-order valence-electron chi connectivity index (χ2n) is 5.19. The van der Waals surface area contributed by atoms with E-state index in [1.165, 1.54) is 11.3 Å². The van der Waals surface area contributed by atoms with Gasteiger partial charge >= 0.3 is 0 Å². The molecule has 0 aliphatic heterocycles. The molecule has 1 aromatic heterocycles. The Morgan fingerprint density at radius 2 is 1.96 bits per heavy atom. The predicted molar refractivity (Wildman–Crippen MR) is 109 cm³/mol. The molecule has 0 saturated carbocycles. The van der Waals surface area contributed by atoms with E-state index >= 15 is 0 Å². The van der Waals surface area contributed by atoms with Crippen LogP contribution >= 0.6 is 27.3 Å². The normalized spacial score (nSPS) is 11.0. The second kappa shape index (κ2) is 8.61. The highest BCUT2D eigenvalue weighted by Gasteiger charge is 2.10. The van der Waals surface area contributed by atoms with Gasteiger partial charge in [-0.05, 0) is 55.5 Å². The fraction of sp³-hybridized carbons (Fsp3) is 0.105. The first-order chi connectivity index (χ1) is 12.7. The lowest BCUT2D eigenvalue weighted by molar-refractivity contribution is 0.340. The second-order valence-corrected chi connectivity index (χ2v) is 6.96. The highest BCUT2D eigenvalue weighted by Crippen LogP contribution is 2.24. The Kier molecular flexibility index (Phi) is 6.00. The van der Waals surface area contributed by atoms with Crippen molar-refractivity contribution in [1.82, 2.24) is 4.98 Å². The molecular formula is C19H15BrN4OS. The van der Waals surface area contributed by atoms with Crippen LogP contribution in [0.25, 0.3) is 11.3 Å². The van der Waals surface area contributed by atoms with Crippen LogP contribution in [0.2, 0.25) is 0 Å². The van der Waals surface area contributed by atoms with Gasteiger partial charge in [-0.25, -0.2) is 4.98 Å². The highest BCUT2D eigenvalue weighted by atomic mass is 79.9. The maximum absolute atomic E-state index is 9.40. The molecule has 0 aliphatic rings. The number of nitrogens with one attached hydrogen (secondary N) is 1. The number of hydrazone groups is 1. The standard InChI is InChI=1S/C19H15BrN4OS/c1-2-25-16-9-3-13(4-10-16)18-12-26-19(22-18)17(11-21)24-23-15-7-5-14(20)6-8-15/h3-10,12,23H,2H2,1H3/b24-17+. The van der Waals surface area contributed by atoms with Crippen LogP contribution in [0.15, 0.2) is 63.5 Å². The minimum absolute atomic E-state index is 0.245. The van der Waals surface area contributed by atoms with E-state index in [0.29, 0.717) is 11.6 Å². The molecule has 0 amide bonds. The Bertz CT molecular complexity index is 943. The number of aromatic nitrogens is 1. The number of hydrogen-bond acceptors (Lipinski definition) is 6. The quantitative estimate of drug-likeness (QED) is 0.428. The Hall–Kier alpha value is -2.69. The molecule has 0 saturated heterocycles. The molecule has 1 N–H and O–H groups in total. The van der Waals surface area contributed by atoms with Crippen molar-refractivity contribution < 1.29 is 4.74 Å². The lowest BCUT2D eigenvalue weighted by Crippen LogP contribution is -2.01. The molecule has 3 aromatic rings. The van der Waals surface area contributed by atoms with Crippen molar-refractivity contribution in [2.45, 2.75) is 6.92 Å². The number of halogens is 1.